The minimum atomic E-state index is -0.286. The Morgan fingerprint density at radius 3 is 1.93 bits per heavy atom. The first-order valence-corrected chi connectivity index (χ1v) is 6.24. The van der Waals surface area contributed by atoms with Gasteiger partial charge in [-0.25, -0.2) is 0 Å². The second-order valence-corrected chi connectivity index (χ2v) is 6.25. The van der Waals surface area contributed by atoms with Crippen LogP contribution in [0.1, 0.15) is 65.2 Å². The van der Waals surface area contributed by atoms with Crippen molar-refractivity contribution in [3.8, 4) is 0 Å². The highest BCUT2D eigenvalue weighted by Crippen LogP contribution is 2.47. The molecule has 0 saturated heterocycles. The molecular weight excluding hydrogens is 172 g/mol. The Bertz CT molecular complexity index is 191. The molecule has 82 valence electrons. The SMILES string of the molecule is CC1(C)CCC(O)(C2CCCC2)CC1. The summed E-state index contributed by atoms with van der Waals surface area (Å²) in [5.74, 6) is 0.624. The van der Waals surface area contributed by atoms with Crippen LogP contribution in [0.4, 0.5) is 0 Å². The molecule has 0 amide bonds. The van der Waals surface area contributed by atoms with E-state index in [1.54, 1.807) is 0 Å². The van der Waals surface area contributed by atoms with Gasteiger partial charge in [-0.15, -0.1) is 0 Å². The Kier molecular flexibility index (Phi) is 2.63. The first-order chi connectivity index (χ1) is 6.52. The zero-order valence-corrected chi connectivity index (χ0v) is 9.68. The lowest BCUT2D eigenvalue weighted by atomic mass is 9.66. The first kappa shape index (κ1) is 10.5. The van der Waals surface area contributed by atoms with Crippen LogP contribution in [0, 0.1) is 11.3 Å². The van der Waals surface area contributed by atoms with Gasteiger partial charge in [0.1, 0.15) is 0 Å². The first-order valence-electron chi connectivity index (χ1n) is 6.24. The van der Waals surface area contributed by atoms with Crippen molar-refractivity contribution in [3.63, 3.8) is 0 Å². The van der Waals surface area contributed by atoms with Gasteiger partial charge in [0, 0.05) is 0 Å². The largest absolute Gasteiger partial charge is 0.390 e. The molecule has 2 aliphatic rings. The minimum Gasteiger partial charge on any atom is -0.390 e. The molecule has 2 aliphatic carbocycles. The summed E-state index contributed by atoms with van der Waals surface area (Å²) in [6.45, 7) is 4.67. The van der Waals surface area contributed by atoms with Crippen molar-refractivity contribution in [1.82, 2.24) is 0 Å². The molecule has 2 saturated carbocycles. The molecule has 0 aliphatic heterocycles. The molecule has 0 unspecified atom stereocenters. The molecule has 0 aromatic rings. The predicted octanol–water partition coefficient (Wildman–Crippen LogP) is 3.51. The van der Waals surface area contributed by atoms with Gasteiger partial charge >= 0.3 is 0 Å². The normalized spacial score (nSPS) is 31.9. The minimum absolute atomic E-state index is 0.286. The molecule has 0 heterocycles. The van der Waals surface area contributed by atoms with Gasteiger partial charge in [0.25, 0.3) is 0 Å². The van der Waals surface area contributed by atoms with E-state index in [2.05, 4.69) is 13.8 Å². The molecule has 0 spiro atoms. The van der Waals surface area contributed by atoms with Gasteiger partial charge in [-0.2, -0.15) is 0 Å². The van der Waals surface area contributed by atoms with Gasteiger partial charge < -0.3 is 5.11 Å². The lowest BCUT2D eigenvalue weighted by Gasteiger charge is -2.43. The van der Waals surface area contributed by atoms with Gasteiger partial charge in [-0.05, 0) is 49.9 Å². The smallest absolute Gasteiger partial charge is 0.0676 e. The third-order valence-electron chi connectivity index (χ3n) is 4.58. The van der Waals surface area contributed by atoms with Gasteiger partial charge in [-0.3, -0.25) is 0 Å². The van der Waals surface area contributed by atoms with Gasteiger partial charge in [0.2, 0.25) is 0 Å². The molecule has 14 heavy (non-hydrogen) atoms. The number of hydrogen-bond acceptors (Lipinski definition) is 1. The van der Waals surface area contributed by atoms with Gasteiger partial charge in [0.05, 0.1) is 5.60 Å². The number of hydrogen-bond donors (Lipinski definition) is 1. The molecule has 0 atom stereocenters. The molecule has 0 aromatic heterocycles. The van der Waals surface area contributed by atoms with Gasteiger partial charge in [-0.1, -0.05) is 26.7 Å². The Balaban J connectivity index is 1.97. The average molecular weight is 196 g/mol. The molecule has 2 fully saturated rings. The Labute approximate surface area is 87.9 Å². The molecule has 0 radical (unpaired) electrons. The average Bonchev–Trinajstić information content (AvgIpc) is 2.64. The van der Waals surface area contributed by atoms with Crippen molar-refractivity contribution in [2.24, 2.45) is 11.3 Å². The van der Waals surface area contributed by atoms with E-state index in [4.69, 9.17) is 0 Å². The van der Waals surface area contributed by atoms with Crippen LogP contribution >= 0.6 is 0 Å². The molecule has 1 N–H and O–H groups in total. The third-order valence-corrected chi connectivity index (χ3v) is 4.58. The Morgan fingerprint density at radius 1 is 0.929 bits per heavy atom. The van der Waals surface area contributed by atoms with Crippen LogP contribution in [0.3, 0.4) is 0 Å². The molecular formula is C13H24O. The van der Waals surface area contributed by atoms with Crippen molar-refractivity contribution in [1.29, 1.82) is 0 Å². The summed E-state index contributed by atoms with van der Waals surface area (Å²) >= 11 is 0. The maximum Gasteiger partial charge on any atom is 0.0676 e. The maximum absolute atomic E-state index is 10.6. The Morgan fingerprint density at radius 2 is 1.43 bits per heavy atom. The van der Waals surface area contributed by atoms with E-state index in [1.807, 2.05) is 0 Å². The number of rotatable bonds is 1. The molecule has 0 bridgehead atoms. The second kappa shape index (κ2) is 3.52. The summed E-state index contributed by atoms with van der Waals surface area (Å²) in [5, 5.41) is 10.6. The fraction of sp³-hybridized carbons (Fsp3) is 1.00. The molecule has 0 aromatic carbocycles. The molecule has 2 rings (SSSR count). The van der Waals surface area contributed by atoms with Crippen molar-refractivity contribution in [2.75, 3.05) is 0 Å². The van der Waals surface area contributed by atoms with E-state index in [1.165, 1.54) is 38.5 Å². The fourth-order valence-corrected chi connectivity index (χ4v) is 3.23. The van der Waals surface area contributed by atoms with Crippen molar-refractivity contribution < 1.29 is 5.11 Å². The summed E-state index contributed by atoms with van der Waals surface area (Å²) in [4.78, 5) is 0. The summed E-state index contributed by atoms with van der Waals surface area (Å²) in [7, 11) is 0. The summed E-state index contributed by atoms with van der Waals surface area (Å²) in [6, 6.07) is 0. The van der Waals surface area contributed by atoms with Crippen LogP contribution in [0.5, 0.6) is 0 Å². The van der Waals surface area contributed by atoms with Crippen molar-refractivity contribution in [3.05, 3.63) is 0 Å². The van der Waals surface area contributed by atoms with Gasteiger partial charge in [0.15, 0.2) is 0 Å². The molecule has 1 nitrogen and oxygen atoms in total. The molecule has 1 heteroatoms. The van der Waals surface area contributed by atoms with Crippen molar-refractivity contribution >= 4 is 0 Å². The summed E-state index contributed by atoms with van der Waals surface area (Å²) in [5.41, 5.74) is 0.191. The van der Waals surface area contributed by atoms with E-state index in [0.29, 0.717) is 11.3 Å². The third kappa shape index (κ3) is 1.98. The van der Waals surface area contributed by atoms with Crippen LogP contribution in [-0.4, -0.2) is 10.7 Å². The topological polar surface area (TPSA) is 20.2 Å². The quantitative estimate of drug-likeness (QED) is 0.680. The summed E-state index contributed by atoms with van der Waals surface area (Å²) < 4.78 is 0. The summed E-state index contributed by atoms with van der Waals surface area (Å²) in [6.07, 6.45) is 9.75. The van der Waals surface area contributed by atoms with E-state index >= 15 is 0 Å². The van der Waals surface area contributed by atoms with E-state index in [-0.39, 0.29) is 5.60 Å². The van der Waals surface area contributed by atoms with E-state index in [0.717, 1.165) is 12.8 Å². The lowest BCUT2D eigenvalue weighted by Crippen LogP contribution is -2.42. The van der Waals surface area contributed by atoms with Crippen LogP contribution in [0.15, 0.2) is 0 Å². The van der Waals surface area contributed by atoms with E-state index < -0.39 is 0 Å². The lowest BCUT2D eigenvalue weighted by molar-refractivity contribution is -0.0695. The highest BCUT2D eigenvalue weighted by Gasteiger charge is 2.42. The monoisotopic (exact) mass is 196 g/mol. The number of aliphatic hydroxyl groups is 1. The standard InChI is InChI=1S/C13H24O/c1-12(2)7-9-13(14,10-8-12)11-5-3-4-6-11/h11,14H,3-10H2,1-2H3. The zero-order valence-electron chi connectivity index (χ0n) is 9.68. The van der Waals surface area contributed by atoms with Crippen LogP contribution < -0.4 is 0 Å². The highest BCUT2D eigenvalue weighted by molar-refractivity contribution is 4.95. The second-order valence-electron chi connectivity index (χ2n) is 6.25. The fourth-order valence-electron chi connectivity index (χ4n) is 3.23. The van der Waals surface area contributed by atoms with Crippen LogP contribution in [-0.2, 0) is 0 Å². The van der Waals surface area contributed by atoms with E-state index in [9.17, 15) is 5.11 Å². The Hall–Kier alpha value is -0.0400. The zero-order chi connectivity index (χ0) is 10.2. The highest BCUT2D eigenvalue weighted by atomic mass is 16.3. The van der Waals surface area contributed by atoms with Crippen LogP contribution in [0.2, 0.25) is 0 Å². The van der Waals surface area contributed by atoms with Crippen LogP contribution in [0.25, 0.3) is 0 Å². The van der Waals surface area contributed by atoms with Crippen molar-refractivity contribution in [2.45, 2.75) is 70.8 Å². The maximum atomic E-state index is 10.6. The predicted molar refractivity (Wildman–Crippen MR) is 59.2 cm³/mol.